The monoisotopic (exact) mass is 439 g/mol. The Hall–Kier alpha value is -4.23. The molecule has 1 N–H and O–H groups in total. The number of carboxylic acids is 1. The van der Waals surface area contributed by atoms with Crippen LogP contribution in [0.25, 0.3) is 38.9 Å². The van der Waals surface area contributed by atoms with E-state index in [4.69, 9.17) is 14.5 Å². The molecular formula is C26H21N3O4. The number of fused-ring (bicyclic) bond motifs is 2. The summed E-state index contributed by atoms with van der Waals surface area (Å²) in [5, 5.41) is 10.2. The topological polar surface area (TPSA) is 86.5 Å². The average Bonchev–Trinajstić information content (AvgIpc) is 3.27. The lowest BCUT2D eigenvalue weighted by Gasteiger charge is -2.10. The Kier molecular flexibility index (Phi) is 5.46. The molecule has 33 heavy (non-hydrogen) atoms. The number of imidazole rings is 1. The molecule has 0 saturated heterocycles. The average molecular weight is 439 g/mol. The number of benzene rings is 3. The van der Waals surface area contributed by atoms with Crippen molar-refractivity contribution in [1.29, 1.82) is 0 Å². The summed E-state index contributed by atoms with van der Waals surface area (Å²) in [4.78, 5) is 20.7. The quantitative estimate of drug-likeness (QED) is 0.361. The molecule has 5 rings (SSSR count). The van der Waals surface area contributed by atoms with Gasteiger partial charge in [-0.3, -0.25) is 4.57 Å². The van der Waals surface area contributed by atoms with Gasteiger partial charge in [0, 0.05) is 24.1 Å². The zero-order chi connectivity index (χ0) is 22.8. The third kappa shape index (κ3) is 4.02. The summed E-state index contributed by atoms with van der Waals surface area (Å²) in [6.07, 6.45) is 1.75. The Morgan fingerprint density at radius 3 is 2.64 bits per heavy atom. The zero-order valence-corrected chi connectivity index (χ0v) is 17.9. The minimum absolute atomic E-state index is 0.253. The molecule has 0 aliphatic carbocycles. The van der Waals surface area contributed by atoms with E-state index in [0.29, 0.717) is 13.2 Å². The number of ether oxygens (including phenoxy) is 2. The first-order valence-electron chi connectivity index (χ1n) is 10.5. The Morgan fingerprint density at radius 1 is 1.00 bits per heavy atom. The zero-order valence-electron chi connectivity index (χ0n) is 17.9. The summed E-state index contributed by atoms with van der Waals surface area (Å²) >= 11 is 0. The lowest BCUT2D eigenvalue weighted by Crippen LogP contribution is -2.04. The summed E-state index contributed by atoms with van der Waals surface area (Å²) in [5.41, 5.74) is 4.66. The second-order valence-electron chi connectivity index (χ2n) is 7.54. The summed E-state index contributed by atoms with van der Waals surface area (Å²) in [6.45, 7) is 1.00. The number of nitrogens with zero attached hydrogens (tertiary/aromatic N) is 3. The molecule has 7 heteroatoms. The van der Waals surface area contributed by atoms with Crippen LogP contribution in [0.3, 0.4) is 0 Å². The highest BCUT2D eigenvalue weighted by molar-refractivity contribution is 5.95. The van der Waals surface area contributed by atoms with Gasteiger partial charge in [-0.15, -0.1) is 0 Å². The van der Waals surface area contributed by atoms with E-state index >= 15 is 0 Å². The van der Waals surface area contributed by atoms with Crippen molar-refractivity contribution in [3.63, 3.8) is 0 Å². The molecule has 2 aromatic heterocycles. The largest absolute Gasteiger partial charge is 0.491 e. The SMILES string of the molecule is COCCOc1ccc2c(c1)ncn2-c1ccc2cccc(-c3ccc(C(=O)O)cc3)c2n1. The maximum absolute atomic E-state index is 11.2. The van der Waals surface area contributed by atoms with Crippen molar-refractivity contribution in [3.05, 3.63) is 84.7 Å². The number of methoxy groups -OCH3 is 1. The number of hydrogen-bond acceptors (Lipinski definition) is 5. The number of aromatic nitrogens is 3. The van der Waals surface area contributed by atoms with Gasteiger partial charge in [0.25, 0.3) is 0 Å². The second-order valence-corrected chi connectivity index (χ2v) is 7.54. The molecule has 0 spiro atoms. The highest BCUT2D eigenvalue weighted by Gasteiger charge is 2.11. The normalized spacial score (nSPS) is 11.2. The molecule has 0 amide bonds. The molecule has 3 aromatic carbocycles. The maximum Gasteiger partial charge on any atom is 0.335 e. The fraction of sp³-hybridized carbons (Fsp3) is 0.115. The van der Waals surface area contributed by atoms with E-state index in [0.717, 1.165) is 44.6 Å². The van der Waals surface area contributed by atoms with Crippen molar-refractivity contribution in [2.45, 2.75) is 0 Å². The lowest BCUT2D eigenvalue weighted by atomic mass is 10.0. The van der Waals surface area contributed by atoms with Crippen LogP contribution in [0.4, 0.5) is 0 Å². The molecule has 0 aliphatic heterocycles. The third-order valence-corrected chi connectivity index (χ3v) is 5.47. The Morgan fingerprint density at radius 2 is 1.85 bits per heavy atom. The van der Waals surface area contributed by atoms with Crippen molar-refractivity contribution in [2.75, 3.05) is 20.3 Å². The van der Waals surface area contributed by atoms with Gasteiger partial charge in [-0.1, -0.05) is 30.3 Å². The van der Waals surface area contributed by atoms with Gasteiger partial charge in [-0.25, -0.2) is 14.8 Å². The van der Waals surface area contributed by atoms with Crippen LogP contribution in [-0.4, -0.2) is 45.9 Å². The highest BCUT2D eigenvalue weighted by Crippen LogP contribution is 2.29. The van der Waals surface area contributed by atoms with E-state index in [2.05, 4.69) is 4.98 Å². The molecule has 7 nitrogen and oxygen atoms in total. The molecule has 164 valence electrons. The number of hydrogen-bond donors (Lipinski definition) is 1. The van der Waals surface area contributed by atoms with Gasteiger partial charge >= 0.3 is 5.97 Å². The van der Waals surface area contributed by atoms with E-state index in [1.54, 1.807) is 25.6 Å². The predicted octanol–water partition coefficient (Wildman–Crippen LogP) is 4.96. The smallest absolute Gasteiger partial charge is 0.335 e. The van der Waals surface area contributed by atoms with E-state index in [1.165, 1.54) is 0 Å². The van der Waals surface area contributed by atoms with Gasteiger partial charge in [0.1, 0.15) is 24.5 Å². The summed E-state index contributed by atoms with van der Waals surface area (Å²) in [7, 11) is 1.64. The first kappa shape index (κ1) is 20.7. The minimum Gasteiger partial charge on any atom is -0.491 e. The number of para-hydroxylation sites is 1. The van der Waals surface area contributed by atoms with Crippen LogP contribution in [0, 0.1) is 0 Å². The number of aromatic carboxylic acids is 1. The number of pyridine rings is 1. The van der Waals surface area contributed by atoms with Crippen molar-refractivity contribution < 1.29 is 19.4 Å². The van der Waals surface area contributed by atoms with Gasteiger partial charge in [0.15, 0.2) is 0 Å². The first-order valence-corrected chi connectivity index (χ1v) is 10.5. The predicted molar refractivity (Wildman–Crippen MR) is 126 cm³/mol. The summed E-state index contributed by atoms with van der Waals surface area (Å²) in [5.74, 6) is 0.537. The fourth-order valence-electron chi connectivity index (χ4n) is 3.80. The molecule has 0 atom stereocenters. The maximum atomic E-state index is 11.2. The Balaban J connectivity index is 1.55. The third-order valence-electron chi connectivity index (χ3n) is 5.47. The van der Waals surface area contributed by atoms with Gasteiger partial charge in [-0.05, 0) is 42.0 Å². The molecular weight excluding hydrogens is 418 g/mol. The van der Waals surface area contributed by atoms with Crippen LogP contribution in [0.2, 0.25) is 0 Å². The van der Waals surface area contributed by atoms with Crippen LogP contribution >= 0.6 is 0 Å². The molecule has 5 aromatic rings. The fourth-order valence-corrected chi connectivity index (χ4v) is 3.80. The molecule has 0 bridgehead atoms. The number of rotatable bonds is 7. The van der Waals surface area contributed by atoms with Crippen LogP contribution < -0.4 is 4.74 Å². The summed E-state index contributed by atoms with van der Waals surface area (Å²) < 4.78 is 12.7. The van der Waals surface area contributed by atoms with E-state index in [9.17, 15) is 9.90 Å². The number of carboxylic acid groups (broad SMARTS) is 1. The Bertz CT molecular complexity index is 1460. The van der Waals surface area contributed by atoms with Crippen LogP contribution in [0.1, 0.15) is 10.4 Å². The molecule has 0 unspecified atom stereocenters. The molecule has 2 heterocycles. The van der Waals surface area contributed by atoms with Gasteiger partial charge in [-0.2, -0.15) is 0 Å². The van der Waals surface area contributed by atoms with Crippen molar-refractivity contribution in [1.82, 2.24) is 14.5 Å². The van der Waals surface area contributed by atoms with Gasteiger partial charge in [0.05, 0.1) is 28.7 Å². The molecule has 0 saturated carbocycles. The van der Waals surface area contributed by atoms with Crippen LogP contribution in [0.5, 0.6) is 5.75 Å². The van der Waals surface area contributed by atoms with Crippen molar-refractivity contribution >= 4 is 27.9 Å². The van der Waals surface area contributed by atoms with Crippen molar-refractivity contribution in [2.24, 2.45) is 0 Å². The first-order chi connectivity index (χ1) is 16.1. The highest BCUT2D eigenvalue weighted by atomic mass is 16.5. The number of carbonyl (C=O) groups is 1. The van der Waals surface area contributed by atoms with Gasteiger partial charge in [0.2, 0.25) is 0 Å². The van der Waals surface area contributed by atoms with Crippen LogP contribution in [0.15, 0.2) is 79.1 Å². The van der Waals surface area contributed by atoms with E-state index in [-0.39, 0.29) is 5.56 Å². The van der Waals surface area contributed by atoms with E-state index < -0.39 is 5.97 Å². The second kappa shape index (κ2) is 8.72. The summed E-state index contributed by atoms with van der Waals surface area (Å²) in [6, 6.07) is 22.6. The minimum atomic E-state index is -0.945. The molecule has 0 aliphatic rings. The van der Waals surface area contributed by atoms with Gasteiger partial charge < -0.3 is 14.6 Å². The van der Waals surface area contributed by atoms with E-state index in [1.807, 2.05) is 65.2 Å². The molecule has 0 fully saturated rings. The lowest BCUT2D eigenvalue weighted by molar-refractivity contribution is 0.0697. The van der Waals surface area contributed by atoms with Crippen LogP contribution in [-0.2, 0) is 4.74 Å². The standard InChI is InChI=1S/C26H21N3O4/c1-32-13-14-33-20-10-11-23-22(15-20)27-16-29(23)24-12-9-18-3-2-4-21(25(18)28-24)17-5-7-19(8-6-17)26(30)31/h2-12,15-16H,13-14H2,1H3,(H,30,31). The van der Waals surface area contributed by atoms with Crippen molar-refractivity contribution in [3.8, 4) is 22.7 Å². The Labute approximate surface area is 189 Å². The molecule has 0 radical (unpaired) electrons.